The molecule has 1 aromatic rings. The van der Waals surface area contributed by atoms with Crippen molar-refractivity contribution in [3.05, 3.63) is 35.6 Å². The lowest BCUT2D eigenvalue weighted by molar-refractivity contribution is -0.132. The zero-order chi connectivity index (χ0) is 15.9. The molecule has 1 aliphatic heterocycles. The van der Waals surface area contributed by atoms with E-state index >= 15 is 0 Å². The largest absolute Gasteiger partial charge is 0.340 e. The van der Waals surface area contributed by atoms with Crippen molar-refractivity contribution in [2.24, 2.45) is 11.7 Å². The minimum absolute atomic E-state index is 0. The molecule has 130 valence electrons. The van der Waals surface area contributed by atoms with Crippen LogP contribution in [0.15, 0.2) is 24.3 Å². The third-order valence-corrected chi connectivity index (χ3v) is 4.33. The molecular formula is C17H27ClFN3O. The van der Waals surface area contributed by atoms with Crippen molar-refractivity contribution in [1.29, 1.82) is 0 Å². The van der Waals surface area contributed by atoms with Gasteiger partial charge in [0.2, 0.25) is 5.91 Å². The second-order valence-corrected chi connectivity index (χ2v) is 6.16. The molecule has 1 aromatic carbocycles. The second-order valence-electron chi connectivity index (χ2n) is 6.16. The summed E-state index contributed by atoms with van der Waals surface area (Å²) in [7, 11) is 1.73. The molecular weight excluding hydrogens is 317 g/mol. The molecule has 0 bridgehead atoms. The average Bonchev–Trinajstić information content (AvgIpc) is 2.50. The predicted octanol–water partition coefficient (Wildman–Crippen LogP) is 2.27. The molecule has 1 amide bonds. The number of nitrogens with zero attached hydrogens (tertiary/aromatic N) is 2. The molecule has 1 fully saturated rings. The summed E-state index contributed by atoms with van der Waals surface area (Å²) < 4.78 is 13.6. The number of rotatable bonds is 6. The van der Waals surface area contributed by atoms with Crippen LogP contribution >= 0.6 is 12.4 Å². The maximum atomic E-state index is 13.6. The van der Waals surface area contributed by atoms with E-state index < -0.39 is 0 Å². The van der Waals surface area contributed by atoms with E-state index in [1.165, 1.54) is 12.5 Å². The number of amides is 1. The van der Waals surface area contributed by atoms with Crippen molar-refractivity contribution in [2.75, 3.05) is 33.2 Å². The monoisotopic (exact) mass is 343 g/mol. The zero-order valence-electron chi connectivity index (χ0n) is 13.7. The van der Waals surface area contributed by atoms with Crippen LogP contribution in [0, 0.1) is 11.7 Å². The lowest BCUT2D eigenvalue weighted by atomic mass is 9.95. The molecule has 0 spiro atoms. The summed E-state index contributed by atoms with van der Waals surface area (Å²) in [5.41, 5.74) is 6.18. The normalized spacial score (nSPS) is 18.3. The Labute approximate surface area is 144 Å². The number of carbonyl (C=O) groups excluding carboxylic acids is 1. The standard InChI is InChI=1S/C17H26FN3O.ClH/c1-20(12-15-6-2-3-7-16(15)18)17(22)13-21-10-4-5-14(11-21)8-9-19;/h2-3,6-7,14H,4-5,8-13,19H2,1H3;1H. The minimum Gasteiger partial charge on any atom is -0.340 e. The number of piperidine rings is 1. The Kier molecular flexibility index (Phi) is 8.52. The van der Waals surface area contributed by atoms with Crippen LogP contribution in [0.4, 0.5) is 4.39 Å². The first-order valence-electron chi connectivity index (χ1n) is 8.00. The number of likely N-dealkylation sites (N-methyl/N-ethyl adjacent to an activating group) is 1. The van der Waals surface area contributed by atoms with Gasteiger partial charge in [0.25, 0.3) is 0 Å². The number of carbonyl (C=O) groups is 1. The molecule has 0 aromatic heterocycles. The van der Waals surface area contributed by atoms with E-state index in [1.54, 1.807) is 30.1 Å². The second kappa shape index (κ2) is 9.85. The number of hydrogen-bond acceptors (Lipinski definition) is 3. The molecule has 1 atom stereocenters. The van der Waals surface area contributed by atoms with Gasteiger partial charge in [0.1, 0.15) is 5.82 Å². The van der Waals surface area contributed by atoms with Gasteiger partial charge in [0.15, 0.2) is 0 Å². The SMILES string of the molecule is CN(Cc1ccccc1F)C(=O)CN1CCCC(CCN)C1.Cl. The van der Waals surface area contributed by atoms with Gasteiger partial charge in [-0.3, -0.25) is 9.69 Å². The molecule has 1 saturated heterocycles. The summed E-state index contributed by atoms with van der Waals surface area (Å²) in [5.74, 6) is 0.378. The van der Waals surface area contributed by atoms with Gasteiger partial charge >= 0.3 is 0 Å². The number of nitrogens with two attached hydrogens (primary N) is 1. The molecule has 1 unspecified atom stereocenters. The van der Waals surface area contributed by atoms with E-state index in [-0.39, 0.29) is 24.1 Å². The van der Waals surface area contributed by atoms with Gasteiger partial charge in [-0.15, -0.1) is 12.4 Å². The fraction of sp³-hybridized carbons (Fsp3) is 0.588. The number of halogens is 2. The van der Waals surface area contributed by atoms with Crippen molar-refractivity contribution in [3.63, 3.8) is 0 Å². The van der Waals surface area contributed by atoms with Crippen LogP contribution < -0.4 is 5.73 Å². The zero-order valence-corrected chi connectivity index (χ0v) is 14.5. The lowest BCUT2D eigenvalue weighted by Crippen LogP contribution is -2.43. The number of likely N-dealkylation sites (tertiary alicyclic amines) is 1. The smallest absolute Gasteiger partial charge is 0.236 e. The molecule has 0 radical (unpaired) electrons. The summed E-state index contributed by atoms with van der Waals surface area (Å²) >= 11 is 0. The highest BCUT2D eigenvalue weighted by atomic mass is 35.5. The maximum Gasteiger partial charge on any atom is 0.236 e. The molecule has 1 heterocycles. The number of benzene rings is 1. The quantitative estimate of drug-likeness (QED) is 0.862. The summed E-state index contributed by atoms with van der Waals surface area (Å²) in [6, 6.07) is 6.59. The van der Waals surface area contributed by atoms with E-state index in [0.29, 0.717) is 31.1 Å². The molecule has 2 N–H and O–H groups in total. The van der Waals surface area contributed by atoms with Crippen LogP contribution in [0.25, 0.3) is 0 Å². The third-order valence-electron chi connectivity index (χ3n) is 4.33. The van der Waals surface area contributed by atoms with Crippen LogP contribution in [-0.4, -0.2) is 48.9 Å². The Bertz CT molecular complexity index is 498. The van der Waals surface area contributed by atoms with Crippen molar-refractivity contribution >= 4 is 18.3 Å². The predicted molar refractivity (Wildman–Crippen MR) is 93.0 cm³/mol. The van der Waals surface area contributed by atoms with Gasteiger partial charge in [-0.25, -0.2) is 4.39 Å². The van der Waals surface area contributed by atoms with Gasteiger partial charge in [-0.1, -0.05) is 18.2 Å². The first kappa shape index (κ1) is 19.9. The topological polar surface area (TPSA) is 49.6 Å². The van der Waals surface area contributed by atoms with E-state index in [0.717, 1.165) is 25.9 Å². The first-order valence-corrected chi connectivity index (χ1v) is 8.00. The fourth-order valence-electron chi connectivity index (χ4n) is 3.05. The van der Waals surface area contributed by atoms with Gasteiger partial charge < -0.3 is 10.6 Å². The Morgan fingerprint density at radius 2 is 2.17 bits per heavy atom. The van der Waals surface area contributed by atoms with Gasteiger partial charge in [0.05, 0.1) is 6.54 Å². The highest BCUT2D eigenvalue weighted by Gasteiger charge is 2.22. The van der Waals surface area contributed by atoms with E-state index in [9.17, 15) is 9.18 Å². The highest BCUT2D eigenvalue weighted by molar-refractivity contribution is 5.85. The molecule has 0 aliphatic carbocycles. The van der Waals surface area contributed by atoms with Crippen LogP contribution in [0.2, 0.25) is 0 Å². The maximum absolute atomic E-state index is 13.6. The van der Waals surface area contributed by atoms with E-state index in [2.05, 4.69) is 4.90 Å². The minimum atomic E-state index is -0.261. The summed E-state index contributed by atoms with van der Waals surface area (Å²) in [6.45, 7) is 3.33. The Morgan fingerprint density at radius 1 is 1.43 bits per heavy atom. The van der Waals surface area contributed by atoms with Crippen LogP contribution in [0.1, 0.15) is 24.8 Å². The van der Waals surface area contributed by atoms with Gasteiger partial charge in [-0.05, 0) is 44.3 Å². The van der Waals surface area contributed by atoms with Crippen LogP contribution in [0.3, 0.4) is 0 Å². The van der Waals surface area contributed by atoms with Crippen molar-refractivity contribution in [1.82, 2.24) is 9.80 Å². The van der Waals surface area contributed by atoms with E-state index in [4.69, 9.17) is 5.73 Å². The highest BCUT2D eigenvalue weighted by Crippen LogP contribution is 2.19. The van der Waals surface area contributed by atoms with Crippen LogP contribution in [-0.2, 0) is 11.3 Å². The lowest BCUT2D eigenvalue weighted by Gasteiger charge is -2.33. The van der Waals surface area contributed by atoms with E-state index in [1.807, 2.05) is 0 Å². The first-order chi connectivity index (χ1) is 10.6. The Morgan fingerprint density at radius 3 is 2.87 bits per heavy atom. The summed E-state index contributed by atoms with van der Waals surface area (Å²) in [6.07, 6.45) is 3.34. The Hall–Kier alpha value is -1.17. The fourth-order valence-corrected chi connectivity index (χ4v) is 3.05. The molecule has 23 heavy (non-hydrogen) atoms. The molecule has 2 rings (SSSR count). The third kappa shape index (κ3) is 6.09. The van der Waals surface area contributed by atoms with Gasteiger partial charge in [-0.2, -0.15) is 0 Å². The van der Waals surface area contributed by atoms with Gasteiger partial charge in [0, 0.05) is 25.7 Å². The molecule has 4 nitrogen and oxygen atoms in total. The average molecular weight is 344 g/mol. The molecule has 6 heteroatoms. The van der Waals surface area contributed by atoms with Crippen molar-refractivity contribution in [2.45, 2.75) is 25.8 Å². The number of hydrogen-bond donors (Lipinski definition) is 1. The van der Waals surface area contributed by atoms with Crippen molar-refractivity contribution < 1.29 is 9.18 Å². The Balaban J connectivity index is 0.00000264. The summed E-state index contributed by atoms with van der Waals surface area (Å²) in [5, 5.41) is 0. The van der Waals surface area contributed by atoms with Crippen LogP contribution in [0.5, 0.6) is 0 Å². The van der Waals surface area contributed by atoms with Crippen molar-refractivity contribution in [3.8, 4) is 0 Å². The molecule has 1 aliphatic rings. The molecule has 0 saturated carbocycles. The summed E-state index contributed by atoms with van der Waals surface area (Å²) in [4.78, 5) is 16.1.